The summed E-state index contributed by atoms with van der Waals surface area (Å²) in [6, 6.07) is 4.37. The van der Waals surface area contributed by atoms with Crippen molar-refractivity contribution >= 4 is 34.0 Å². The highest BCUT2D eigenvalue weighted by atomic mass is 16.1. The SMILES string of the molecule is Cc1cn2cc(NC(=O)c3ccc(N(C)C4CCNCC4)c4cn(C)nc34)nc2c(C)n1. The van der Waals surface area contributed by atoms with Crippen molar-refractivity contribution in [3.63, 3.8) is 0 Å². The van der Waals surface area contributed by atoms with E-state index in [1.54, 1.807) is 4.68 Å². The Morgan fingerprint density at radius 3 is 2.72 bits per heavy atom. The molecule has 0 atom stereocenters. The van der Waals surface area contributed by atoms with Gasteiger partial charge in [0.05, 0.1) is 23.1 Å². The summed E-state index contributed by atoms with van der Waals surface area (Å²) in [5.41, 5.74) is 4.78. The van der Waals surface area contributed by atoms with Crippen LogP contribution in [0.5, 0.6) is 0 Å². The summed E-state index contributed by atoms with van der Waals surface area (Å²) in [7, 11) is 4.02. The predicted molar refractivity (Wildman–Crippen MR) is 125 cm³/mol. The summed E-state index contributed by atoms with van der Waals surface area (Å²) < 4.78 is 3.66. The minimum Gasteiger partial charge on any atom is -0.371 e. The molecule has 1 aliphatic heterocycles. The molecule has 9 heteroatoms. The van der Waals surface area contributed by atoms with Gasteiger partial charge in [0.15, 0.2) is 11.5 Å². The monoisotopic (exact) mass is 432 g/mol. The molecule has 4 heterocycles. The Morgan fingerprint density at radius 2 is 1.94 bits per heavy atom. The Hall–Kier alpha value is -3.46. The first kappa shape index (κ1) is 20.4. The van der Waals surface area contributed by atoms with Crippen LogP contribution in [-0.2, 0) is 7.05 Å². The number of nitrogens with zero attached hydrogens (tertiary/aromatic N) is 6. The van der Waals surface area contributed by atoms with Crippen LogP contribution in [0.3, 0.4) is 0 Å². The Morgan fingerprint density at radius 1 is 1.16 bits per heavy atom. The molecule has 1 aliphatic rings. The molecule has 3 aromatic heterocycles. The summed E-state index contributed by atoms with van der Waals surface area (Å²) in [5.74, 6) is 0.265. The highest BCUT2D eigenvalue weighted by molar-refractivity contribution is 6.13. The van der Waals surface area contributed by atoms with E-state index in [9.17, 15) is 4.79 Å². The van der Waals surface area contributed by atoms with Crippen LogP contribution in [0.15, 0.2) is 30.7 Å². The van der Waals surface area contributed by atoms with Gasteiger partial charge in [0.2, 0.25) is 0 Å². The van der Waals surface area contributed by atoms with Gasteiger partial charge in [-0.2, -0.15) is 5.10 Å². The highest BCUT2D eigenvalue weighted by Gasteiger charge is 2.23. The van der Waals surface area contributed by atoms with Crippen molar-refractivity contribution in [1.29, 1.82) is 0 Å². The zero-order valence-corrected chi connectivity index (χ0v) is 18.9. The zero-order chi connectivity index (χ0) is 22.4. The lowest BCUT2D eigenvalue weighted by Gasteiger charge is -2.33. The van der Waals surface area contributed by atoms with Crippen molar-refractivity contribution in [2.45, 2.75) is 32.7 Å². The molecule has 0 spiro atoms. The van der Waals surface area contributed by atoms with E-state index in [4.69, 9.17) is 0 Å². The molecule has 1 saturated heterocycles. The first-order valence-corrected chi connectivity index (χ1v) is 10.9. The van der Waals surface area contributed by atoms with E-state index in [1.165, 1.54) is 0 Å². The number of carbonyl (C=O) groups excluding carboxylic acids is 1. The quantitative estimate of drug-likeness (QED) is 0.515. The lowest BCUT2D eigenvalue weighted by molar-refractivity contribution is 0.102. The summed E-state index contributed by atoms with van der Waals surface area (Å²) in [4.78, 5) is 24.5. The van der Waals surface area contributed by atoms with Gasteiger partial charge in [-0.15, -0.1) is 0 Å². The van der Waals surface area contributed by atoms with Gasteiger partial charge in [-0.25, -0.2) is 4.98 Å². The maximum Gasteiger partial charge on any atom is 0.259 e. The molecule has 9 nitrogen and oxygen atoms in total. The molecule has 4 aromatic rings. The lowest BCUT2D eigenvalue weighted by atomic mass is 10.0. The summed E-state index contributed by atoms with van der Waals surface area (Å²) in [6.07, 6.45) is 7.89. The van der Waals surface area contributed by atoms with E-state index < -0.39 is 0 Å². The van der Waals surface area contributed by atoms with Crippen LogP contribution in [-0.4, -0.2) is 56.2 Å². The highest BCUT2D eigenvalue weighted by Crippen LogP contribution is 2.31. The Kier molecular flexibility index (Phi) is 5.05. The minimum absolute atomic E-state index is 0.226. The number of carbonyl (C=O) groups is 1. The van der Waals surface area contributed by atoms with Gasteiger partial charge in [-0.3, -0.25) is 14.5 Å². The van der Waals surface area contributed by atoms with Crippen LogP contribution < -0.4 is 15.5 Å². The van der Waals surface area contributed by atoms with Gasteiger partial charge >= 0.3 is 0 Å². The normalized spacial score (nSPS) is 14.9. The third-order valence-corrected chi connectivity index (χ3v) is 6.22. The second kappa shape index (κ2) is 7.90. The fourth-order valence-corrected chi connectivity index (χ4v) is 4.64. The fraction of sp³-hybridized carbons (Fsp3) is 0.391. The van der Waals surface area contributed by atoms with Crippen LogP contribution in [0.25, 0.3) is 16.6 Å². The molecule has 0 unspecified atom stereocenters. The molecule has 32 heavy (non-hydrogen) atoms. The Bertz CT molecular complexity index is 1310. The molecule has 0 bridgehead atoms. The van der Waals surface area contributed by atoms with E-state index in [0.29, 0.717) is 22.9 Å². The number of hydrogen-bond acceptors (Lipinski definition) is 6. The van der Waals surface area contributed by atoms with Gasteiger partial charge in [0, 0.05) is 43.6 Å². The number of amides is 1. The molecular formula is C23H28N8O. The summed E-state index contributed by atoms with van der Waals surface area (Å²) in [6.45, 7) is 5.90. The third kappa shape index (κ3) is 3.58. The lowest BCUT2D eigenvalue weighted by Crippen LogP contribution is -2.41. The number of rotatable bonds is 4. The predicted octanol–water partition coefficient (Wildman–Crippen LogP) is 2.67. The van der Waals surface area contributed by atoms with E-state index >= 15 is 0 Å². The first-order chi connectivity index (χ1) is 15.4. The van der Waals surface area contributed by atoms with Crippen LogP contribution in [0, 0.1) is 13.8 Å². The molecule has 1 aromatic carbocycles. The van der Waals surface area contributed by atoms with Crippen LogP contribution in [0.2, 0.25) is 0 Å². The van der Waals surface area contributed by atoms with E-state index in [-0.39, 0.29) is 5.91 Å². The average molecular weight is 433 g/mol. The number of hydrogen-bond donors (Lipinski definition) is 2. The van der Waals surface area contributed by atoms with Gasteiger partial charge in [0.25, 0.3) is 5.91 Å². The van der Waals surface area contributed by atoms with Gasteiger partial charge < -0.3 is 19.9 Å². The van der Waals surface area contributed by atoms with Crippen molar-refractivity contribution in [1.82, 2.24) is 29.5 Å². The summed E-state index contributed by atoms with van der Waals surface area (Å²) >= 11 is 0. The number of fused-ring (bicyclic) bond motifs is 2. The van der Waals surface area contributed by atoms with E-state index in [0.717, 1.165) is 54.0 Å². The number of piperidine rings is 1. The number of aromatic nitrogens is 5. The van der Waals surface area contributed by atoms with E-state index in [1.807, 2.05) is 56.0 Å². The first-order valence-electron chi connectivity index (χ1n) is 10.9. The third-order valence-electron chi connectivity index (χ3n) is 6.22. The van der Waals surface area contributed by atoms with Gasteiger partial charge in [-0.1, -0.05) is 0 Å². The van der Waals surface area contributed by atoms with Crippen molar-refractivity contribution < 1.29 is 4.79 Å². The molecular weight excluding hydrogens is 404 g/mol. The second-order valence-electron chi connectivity index (χ2n) is 8.57. The smallest absolute Gasteiger partial charge is 0.259 e. The molecule has 5 rings (SSSR count). The van der Waals surface area contributed by atoms with E-state index in [2.05, 4.69) is 37.6 Å². The number of anilines is 2. The fourth-order valence-electron chi connectivity index (χ4n) is 4.64. The van der Waals surface area contributed by atoms with Crippen LogP contribution in [0.4, 0.5) is 11.5 Å². The summed E-state index contributed by atoms with van der Waals surface area (Å²) in [5, 5.41) is 11.9. The van der Waals surface area contributed by atoms with Crippen molar-refractivity contribution in [3.8, 4) is 0 Å². The number of imidazole rings is 1. The van der Waals surface area contributed by atoms with Crippen LogP contribution >= 0.6 is 0 Å². The molecule has 2 N–H and O–H groups in total. The average Bonchev–Trinajstić information content (AvgIpc) is 3.35. The zero-order valence-electron chi connectivity index (χ0n) is 18.9. The van der Waals surface area contributed by atoms with Crippen molar-refractivity contribution in [2.75, 3.05) is 30.4 Å². The number of aryl methyl sites for hydroxylation is 3. The molecule has 0 aliphatic carbocycles. The standard InChI is InChI=1S/C23H28N8O/c1-14-11-31-13-20(26-22(31)15(2)25-14)27-23(32)17-5-6-19(18-12-29(3)28-21(17)18)30(4)16-7-9-24-10-8-16/h5-6,11-13,16,24H,7-10H2,1-4H3,(H,27,32). The molecule has 0 saturated carbocycles. The Labute approximate surface area is 186 Å². The second-order valence-corrected chi connectivity index (χ2v) is 8.57. The number of nitrogens with one attached hydrogen (secondary N) is 2. The molecule has 0 radical (unpaired) electrons. The largest absolute Gasteiger partial charge is 0.371 e. The maximum atomic E-state index is 13.2. The van der Waals surface area contributed by atoms with Gasteiger partial charge in [-0.05, 0) is 51.9 Å². The van der Waals surface area contributed by atoms with Crippen LogP contribution in [0.1, 0.15) is 34.6 Å². The minimum atomic E-state index is -0.226. The molecule has 1 amide bonds. The number of benzene rings is 1. The molecule has 1 fully saturated rings. The van der Waals surface area contributed by atoms with Crippen molar-refractivity contribution in [3.05, 3.63) is 47.7 Å². The van der Waals surface area contributed by atoms with Gasteiger partial charge in [0.1, 0.15) is 5.52 Å². The molecule has 166 valence electrons. The topological polar surface area (TPSA) is 92.4 Å². The van der Waals surface area contributed by atoms with Crippen molar-refractivity contribution in [2.24, 2.45) is 7.05 Å². The Balaban J connectivity index is 1.48. The maximum absolute atomic E-state index is 13.2.